The van der Waals surface area contributed by atoms with Crippen molar-refractivity contribution in [2.24, 2.45) is 0 Å². The van der Waals surface area contributed by atoms with Gasteiger partial charge in [0.25, 0.3) is 0 Å². The molecule has 21 heavy (non-hydrogen) atoms. The zero-order chi connectivity index (χ0) is 15.9. The van der Waals surface area contributed by atoms with Crippen LogP contribution in [0.15, 0.2) is 0 Å². The smallest absolute Gasteiger partial charge is 0.192 e. The first kappa shape index (κ1) is 17.4. The van der Waals surface area contributed by atoms with Gasteiger partial charge in [0.05, 0.1) is 18.1 Å². The summed E-state index contributed by atoms with van der Waals surface area (Å²) < 4.78 is 29.6. The maximum atomic E-state index is 11.7. The third-order valence-electron chi connectivity index (χ3n) is 5.20. The molecule has 2 aliphatic rings. The highest BCUT2D eigenvalue weighted by Gasteiger charge is 2.39. The fourth-order valence-corrected chi connectivity index (χ4v) is 5.28. The molecule has 0 aliphatic carbocycles. The molecule has 7 heteroatoms. The van der Waals surface area contributed by atoms with Crippen LogP contribution in [-0.2, 0) is 14.3 Å². The topological polar surface area (TPSA) is 58.6 Å². The van der Waals surface area contributed by atoms with Gasteiger partial charge in [0.2, 0.25) is 0 Å². The summed E-state index contributed by atoms with van der Waals surface area (Å²) in [5, 5.41) is 3.70. The summed E-state index contributed by atoms with van der Waals surface area (Å²) in [6.45, 7) is 14.3. The van der Waals surface area contributed by atoms with Gasteiger partial charge in [-0.1, -0.05) is 20.8 Å². The third kappa shape index (κ3) is 4.28. The molecule has 0 aromatic rings. The highest BCUT2D eigenvalue weighted by molar-refractivity contribution is 7.91. The number of nitrogens with one attached hydrogen (secondary N) is 1. The first-order valence-corrected chi connectivity index (χ1v) is 12.5. The largest absolute Gasteiger partial charge is 0.415 e. The van der Waals surface area contributed by atoms with E-state index in [4.69, 9.17) is 4.43 Å². The number of sulfone groups is 1. The third-order valence-corrected chi connectivity index (χ3v) is 11.4. The van der Waals surface area contributed by atoms with Gasteiger partial charge in [0.15, 0.2) is 18.2 Å². The molecule has 2 fully saturated rings. The molecule has 0 amide bonds. The van der Waals surface area contributed by atoms with Crippen LogP contribution in [0.5, 0.6) is 0 Å². The van der Waals surface area contributed by atoms with Crippen LogP contribution < -0.4 is 5.32 Å². The zero-order valence-corrected chi connectivity index (χ0v) is 15.8. The Morgan fingerprint density at radius 2 is 2.00 bits per heavy atom. The Kier molecular flexibility index (Phi) is 4.91. The van der Waals surface area contributed by atoms with E-state index in [2.05, 4.69) is 44.1 Å². The standard InChI is InChI=1S/C14H30N2O3SSi/c1-14(2,3)21(4,5)19-10-12-9-16-6-7-20(17,18)11-13(16)8-15-12/h12-13,15H,6-11H2,1-5H3/t12-,13?/m1/s1. The van der Waals surface area contributed by atoms with Gasteiger partial charge in [-0.15, -0.1) is 0 Å². The first-order chi connectivity index (χ1) is 9.50. The van der Waals surface area contributed by atoms with Gasteiger partial charge in [-0.05, 0) is 18.1 Å². The van der Waals surface area contributed by atoms with E-state index in [0.717, 1.165) is 19.7 Å². The molecule has 2 atom stereocenters. The Morgan fingerprint density at radius 3 is 2.62 bits per heavy atom. The molecule has 5 nitrogen and oxygen atoms in total. The van der Waals surface area contributed by atoms with E-state index in [0.29, 0.717) is 24.1 Å². The molecule has 0 aromatic heterocycles. The summed E-state index contributed by atoms with van der Waals surface area (Å²) in [6.07, 6.45) is 0. The molecule has 0 spiro atoms. The minimum Gasteiger partial charge on any atom is -0.415 e. The number of hydrogen-bond acceptors (Lipinski definition) is 5. The van der Waals surface area contributed by atoms with Crippen LogP contribution in [0.25, 0.3) is 0 Å². The Bertz CT molecular complexity index is 473. The Balaban J connectivity index is 1.86. The Labute approximate surface area is 130 Å². The quantitative estimate of drug-likeness (QED) is 0.783. The van der Waals surface area contributed by atoms with E-state index in [-0.39, 0.29) is 11.1 Å². The van der Waals surface area contributed by atoms with Crippen molar-refractivity contribution in [3.63, 3.8) is 0 Å². The van der Waals surface area contributed by atoms with Crippen molar-refractivity contribution < 1.29 is 12.8 Å². The van der Waals surface area contributed by atoms with Gasteiger partial charge in [0, 0.05) is 31.7 Å². The highest BCUT2D eigenvalue weighted by Crippen LogP contribution is 2.36. The van der Waals surface area contributed by atoms with E-state index in [1.807, 2.05) is 0 Å². The lowest BCUT2D eigenvalue weighted by atomic mass is 10.1. The molecule has 2 rings (SSSR count). The summed E-state index contributed by atoms with van der Waals surface area (Å²) in [7, 11) is -4.54. The van der Waals surface area contributed by atoms with Crippen molar-refractivity contribution in [1.82, 2.24) is 10.2 Å². The van der Waals surface area contributed by atoms with Gasteiger partial charge in [-0.25, -0.2) is 8.42 Å². The van der Waals surface area contributed by atoms with Crippen LogP contribution in [0.4, 0.5) is 0 Å². The van der Waals surface area contributed by atoms with Crippen molar-refractivity contribution in [2.75, 3.05) is 37.7 Å². The highest BCUT2D eigenvalue weighted by atomic mass is 32.2. The molecule has 124 valence electrons. The van der Waals surface area contributed by atoms with E-state index in [1.54, 1.807) is 0 Å². The molecule has 1 N–H and O–H groups in total. The second-order valence-electron chi connectivity index (χ2n) is 7.94. The molecule has 2 aliphatic heterocycles. The lowest BCUT2D eigenvalue weighted by Gasteiger charge is -2.44. The average Bonchev–Trinajstić information content (AvgIpc) is 2.34. The van der Waals surface area contributed by atoms with Crippen molar-refractivity contribution in [3.05, 3.63) is 0 Å². The number of hydrogen-bond donors (Lipinski definition) is 1. The average molecular weight is 335 g/mol. The number of nitrogens with zero attached hydrogens (tertiary/aromatic N) is 1. The van der Waals surface area contributed by atoms with E-state index in [9.17, 15) is 8.42 Å². The van der Waals surface area contributed by atoms with Crippen molar-refractivity contribution in [1.29, 1.82) is 0 Å². The fraction of sp³-hybridized carbons (Fsp3) is 1.00. The maximum absolute atomic E-state index is 11.7. The Hall–Kier alpha value is 0.0469. The summed E-state index contributed by atoms with van der Waals surface area (Å²) in [5.74, 6) is 0.606. The van der Waals surface area contributed by atoms with Crippen molar-refractivity contribution >= 4 is 18.2 Å². The maximum Gasteiger partial charge on any atom is 0.192 e. The van der Waals surface area contributed by atoms with Crippen LogP contribution in [0.1, 0.15) is 20.8 Å². The SMILES string of the molecule is CC(C)(C)[Si](C)(C)OC[C@H]1CN2CCS(=O)(=O)CC2CN1. The summed E-state index contributed by atoms with van der Waals surface area (Å²) >= 11 is 0. The monoisotopic (exact) mass is 334 g/mol. The van der Waals surface area contributed by atoms with Crippen LogP contribution >= 0.6 is 0 Å². The fourth-order valence-electron chi connectivity index (χ4n) is 2.64. The van der Waals surface area contributed by atoms with E-state index >= 15 is 0 Å². The molecule has 0 aromatic carbocycles. The van der Waals surface area contributed by atoms with E-state index in [1.165, 1.54) is 0 Å². The number of fused-ring (bicyclic) bond motifs is 1. The molecule has 2 saturated heterocycles. The minimum atomic E-state index is -2.83. The molecule has 1 unspecified atom stereocenters. The summed E-state index contributed by atoms with van der Waals surface area (Å²) in [4.78, 5) is 2.32. The minimum absolute atomic E-state index is 0.146. The number of piperazine rings is 1. The Morgan fingerprint density at radius 1 is 1.33 bits per heavy atom. The van der Waals surface area contributed by atoms with Crippen LogP contribution in [-0.4, -0.2) is 71.5 Å². The summed E-state index contributed by atoms with van der Waals surface area (Å²) in [6, 6.07) is 0.462. The molecular weight excluding hydrogens is 304 g/mol. The molecule has 0 radical (unpaired) electrons. The van der Waals surface area contributed by atoms with Gasteiger partial charge in [0.1, 0.15) is 0 Å². The normalized spacial score (nSPS) is 30.9. The predicted molar refractivity (Wildman–Crippen MR) is 89.0 cm³/mol. The van der Waals surface area contributed by atoms with E-state index < -0.39 is 18.2 Å². The molecule has 2 heterocycles. The molecule has 0 bridgehead atoms. The van der Waals surface area contributed by atoms with Gasteiger partial charge >= 0.3 is 0 Å². The van der Waals surface area contributed by atoms with Gasteiger partial charge < -0.3 is 9.74 Å². The van der Waals surface area contributed by atoms with Crippen molar-refractivity contribution in [2.45, 2.75) is 51.0 Å². The second-order valence-corrected chi connectivity index (χ2v) is 15.0. The van der Waals surface area contributed by atoms with Crippen LogP contribution in [0.2, 0.25) is 18.1 Å². The number of rotatable bonds is 3. The van der Waals surface area contributed by atoms with Gasteiger partial charge in [-0.2, -0.15) is 0 Å². The zero-order valence-electron chi connectivity index (χ0n) is 14.0. The first-order valence-electron chi connectivity index (χ1n) is 7.82. The second kappa shape index (κ2) is 5.92. The summed E-state index contributed by atoms with van der Waals surface area (Å²) in [5.41, 5.74) is 0. The predicted octanol–water partition coefficient (Wildman–Crippen LogP) is 1.08. The molecule has 0 saturated carbocycles. The van der Waals surface area contributed by atoms with Crippen LogP contribution in [0, 0.1) is 0 Å². The van der Waals surface area contributed by atoms with Gasteiger partial charge in [-0.3, -0.25) is 4.90 Å². The lowest BCUT2D eigenvalue weighted by molar-refractivity contribution is 0.114. The van der Waals surface area contributed by atoms with Crippen LogP contribution in [0.3, 0.4) is 0 Å². The molecular formula is C14H30N2O3SSi. The lowest BCUT2D eigenvalue weighted by Crippen LogP contribution is -2.63. The van der Waals surface area contributed by atoms with Crippen molar-refractivity contribution in [3.8, 4) is 0 Å².